The summed E-state index contributed by atoms with van der Waals surface area (Å²) in [5.74, 6) is -0.237. The van der Waals surface area contributed by atoms with Gasteiger partial charge in [0, 0.05) is 39.3 Å². The van der Waals surface area contributed by atoms with Crippen LogP contribution in [0.4, 0.5) is 0 Å². The van der Waals surface area contributed by atoms with Gasteiger partial charge < -0.3 is 10.3 Å². The number of rotatable bonds is 5. The van der Waals surface area contributed by atoms with Crippen molar-refractivity contribution in [2.75, 3.05) is 20.6 Å². The molecule has 7 nitrogen and oxygen atoms in total. The predicted molar refractivity (Wildman–Crippen MR) is 65.6 cm³/mol. The molecule has 0 fully saturated rings. The minimum atomic E-state index is -3.68. The summed E-state index contributed by atoms with van der Waals surface area (Å²) < 4.78 is 25.1. The van der Waals surface area contributed by atoms with Crippen LogP contribution in [0.25, 0.3) is 0 Å². The molecule has 1 aromatic rings. The summed E-state index contributed by atoms with van der Waals surface area (Å²) in [5.41, 5.74) is -0.373. The minimum Gasteiger partial charge on any atom is -0.359 e. The van der Waals surface area contributed by atoms with E-state index in [1.54, 1.807) is 0 Å². The highest BCUT2D eigenvalue weighted by molar-refractivity contribution is 7.89. The molecule has 0 unspecified atom stereocenters. The number of aromatic amines is 1. The van der Waals surface area contributed by atoms with E-state index in [1.165, 1.54) is 20.2 Å². The first-order valence-electron chi connectivity index (χ1n) is 5.23. The zero-order valence-electron chi connectivity index (χ0n) is 10.1. The highest BCUT2D eigenvalue weighted by Gasteiger charge is 2.21. The number of carbonyl (C=O) groups excluding carboxylic acids is 1. The number of pyridine rings is 1. The van der Waals surface area contributed by atoms with Gasteiger partial charge in [0.05, 0.1) is 4.90 Å². The molecular formula is C10H15N3O4S. The second kappa shape index (κ2) is 5.78. The molecule has 0 aliphatic rings. The van der Waals surface area contributed by atoms with Gasteiger partial charge >= 0.3 is 0 Å². The maximum Gasteiger partial charge on any atom is 0.247 e. The first kappa shape index (κ1) is 14.4. The standard InChI is InChI=1S/C10H15N3O4S/c1-11-9(14)5-6-13(2)18(16,17)8-3-4-10(15)12-7-8/h3-4,7H,5-6H2,1-2H3,(H,11,14)(H,12,15). The summed E-state index contributed by atoms with van der Waals surface area (Å²) in [4.78, 5) is 24.2. The fraction of sp³-hybridized carbons (Fsp3) is 0.400. The monoisotopic (exact) mass is 273 g/mol. The van der Waals surface area contributed by atoms with Gasteiger partial charge in [0.1, 0.15) is 0 Å². The molecule has 0 bridgehead atoms. The van der Waals surface area contributed by atoms with Gasteiger partial charge in [-0.15, -0.1) is 0 Å². The van der Waals surface area contributed by atoms with Gasteiger partial charge in [-0.1, -0.05) is 0 Å². The Kier molecular flexibility index (Phi) is 4.62. The van der Waals surface area contributed by atoms with Gasteiger partial charge in [0.15, 0.2) is 0 Å². The third-order valence-electron chi connectivity index (χ3n) is 2.40. The number of nitrogens with one attached hydrogen (secondary N) is 2. The van der Waals surface area contributed by atoms with Gasteiger partial charge in [-0.3, -0.25) is 9.59 Å². The second-order valence-electron chi connectivity index (χ2n) is 3.64. The molecule has 0 aliphatic heterocycles. The lowest BCUT2D eigenvalue weighted by Crippen LogP contribution is -2.31. The molecule has 0 spiro atoms. The predicted octanol–water partition coefficient (Wildman–Crippen LogP) is -0.868. The largest absolute Gasteiger partial charge is 0.359 e. The zero-order chi connectivity index (χ0) is 13.8. The maximum atomic E-state index is 12.0. The molecule has 0 radical (unpaired) electrons. The first-order valence-corrected chi connectivity index (χ1v) is 6.67. The number of aromatic nitrogens is 1. The maximum absolute atomic E-state index is 12.0. The van der Waals surface area contributed by atoms with E-state index in [1.807, 2.05) is 0 Å². The topological polar surface area (TPSA) is 99.3 Å². The van der Waals surface area contributed by atoms with Crippen LogP contribution < -0.4 is 10.9 Å². The van der Waals surface area contributed by atoms with Crippen LogP contribution in [-0.4, -0.2) is 44.3 Å². The minimum absolute atomic E-state index is 0.0125. The van der Waals surface area contributed by atoms with Gasteiger partial charge in [0.2, 0.25) is 21.5 Å². The van der Waals surface area contributed by atoms with E-state index >= 15 is 0 Å². The van der Waals surface area contributed by atoms with Gasteiger partial charge in [0.25, 0.3) is 0 Å². The number of hydrogen-bond donors (Lipinski definition) is 2. The Labute approximate surface area is 105 Å². The molecule has 8 heteroatoms. The van der Waals surface area contributed by atoms with Crippen LogP contribution in [-0.2, 0) is 14.8 Å². The highest BCUT2D eigenvalue weighted by atomic mass is 32.2. The third-order valence-corrected chi connectivity index (χ3v) is 4.25. The highest BCUT2D eigenvalue weighted by Crippen LogP contribution is 2.11. The molecule has 2 N–H and O–H groups in total. The second-order valence-corrected chi connectivity index (χ2v) is 5.68. The average molecular weight is 273 g/mol. The Balaban J connectivity index is 2.83. The van der Waals surface area contributed by atoms with Crippen molar-refractivity contribution < 1.29 is 13.2 Å². The van der Waals surface area contributed by atoms with Gasteiger partial charge in [-0.05, 0) is 6.07 Å². The average Bonchev–Trinajstić information content (AvgIpc) is 2.35. The molecule has 1 aromatic heterocycles. The molecule has 1 heterocycles. The van der Waals surface area contributed by atoms with Crippen molar-refractivity contribution in [1.29, 1.82) is 0 Å². The molecular weight excluding hydrogens is 258 g/mol. The number of hydrogen-bond acceptors (Lipinski definition) is 4. The molecule has 100 valence electrons. The van der Waals surface area contributed by atoms with Crippen LogP contribution >= 0.6 is 0 Å². The fourth-order valence-corrected chi connectivity index (χ4v) is 2.38. The SMILES string of the molecule is CNC(=O)CCN(C)S(=O)(=O)c1ccc(=O)[nH]c1. The number of nitrogens with zero attached hydrogens (tertiary/aromatic N) is 1. The van der Waals surface area contributed by atoms with E-state index in [9.17, 15) is 18.0 Å². The van der Waals surface area contributed by atoms with Crippen molar-refractivity contribution in [3.05, 3.63) is 28.7 Å². The van der Waals surface area contributed by atoms with Crippen molar-refractivity contribution in [2.24, 2.45) is 0 Å². The van der Waals surface area contributed by atoms with Crippen molar-refractivity contribution >= 4 is 15.9 Å². The smallest absolute Gasteiger partial charge is 0.247 e. The van der Waals surface area contributed by atoms with Crippen LogP contribution in [0.15, 0.2) is 28.0 Å². The summed E-state index contributed by atoms with van der Waals surface area (Å²) in [6, 6.07) is 2.37. The fourth-order valence-electron chi connectivity index (χ4n) is 1.24. The molecule has 0 saturated carbocycles. The van der Waals surface area contributed by atoms with E-state index < -0.39 is 10.0 Å². The molecule has 18 heavy (non-hydrogen) atoms. The van der Waals surface area contributed by atoms with Crippen molar-refractivity contribution in [1.82, 2.24) is 14.6 Å². The Bertz CT molecular complexity index is 559. The third kappa shape index (κ3) is 3.41. The summed E-state index contributed by atoms with van der Waals surface area (Å²) in [6.45, 7) is 0.0706. The zero-order valence-corrected chi connectivity index (χ0v) is 11.0. The van der Waals surface area contributed by atoms with Crippen molar-refractivity contribution in [2.45, 2.75) is 11.3 Å². The Morgan fingerprint density at radius 2 is 2.11 bits per heavy atom. The van der Waals surface area contributed by atoms with E-state index in [0.717, 1.165) is 16.6 Å². The van der Waals surface area contributed by atoms with Crippen LogP contribution in [0.3, 0.4) is 0 Å². The van der Waals surface area contributed by atoms with Crippen LogP contribution in [0, 0.1) is 0 Å². The molecule has 0 saturated heterocycles. The molecule has 1 amide bonds. The number of amides is 1. The summed E-state index contributed by atoms with van der Waals surface area (Å²) >= 11 is 0. The van der Waals surface area contributed by atoms with Crippen molar-refractivity contribution in [3.8, 4) is 0 Å². The van der Waals surface area contributed by atoms with E-state index in [0.29, 0.717) is 0 Å². The lowest BCUT2D eigenvalue weighted by molar-refractivity contribution is -0.120. The van der Waals surface area contributed by atoms with E-state index in [2.05, 4.69) is 10.3 Å². The molecule has 0 aromatic carbocycles. The lowest BCUT2D eigenvalue weighted by Gasteiger charge is -2.16. The molecule has 0 atom stereocenters. The van der Waals surface area contributed by atoms with Crippen molar-refractivity contribution in [3.63, 3.8) is 0 Å². The molecule has 1 rings (SSSR count). The quantitative estimate of drug-likeness (QED) is 0.728. The first-order chi connectivity index (χ1) is 8.37. The molecule has 0 aliphatic carbocycles. The number of sulfonamides is 1. The van der Waals surface area contributed by atoms with Crippen LogP contribution in [0.2, 0.25) is 0 Å². The summed E-state index contributed by atoms with van der Waals surface area (Å²) in [5, 5.41) is 2.41. The summed E-state index contributed by atoms with van der Waals surface area (Å²) in [7, 11) is -0.813. The normalized spacial score (nSPS) is 11.5. The van der Waals surface area contributed by atoms with Gasteiger partial charge in [-0.25, -0.2) is 12.7 Å². The Hall–Kier alpha value is -1.67. The van der Waals surface area contributed by atoms with E-state index in [4.69, 9.17) is 0 Å². The lowest BCUT2D eigenvalue weighted by atomic mass is 10.4. The van der Waals surface area contributed by atoms with E-state index in [-0.39, 0.29) is 29.3 Å². The summed E-state index contributed by atoms with van der Waals surface area (Å²) in [6.07, 6.45) is 1.21. The Morgan fingerprint density at radius 3 is 2.61 bits per heavy atom. The number of carbonyl (C=O) groups is 1. The van der Waals surface area contributed by atoms with Gasteiger partial charge in [-0.2, -0.15) is 0 Å². The van der Waals surface area contributed by atoms with Crippen LogP contribution in [0.5, 0.6) is 0 Å². The number of H-pyrrole nitrogens is 1. The Morgan fingerprint density at radius 1 is 1.44 bits per heavy atom. The van der Waals surface area contributed by atoms with Crippen LogP contribution in [0.1, 0.15) is 6.42 Å².